The number of benzene rings is 1. The second-order valence-corrected chi connectivity index (χ2v) is 7.21. The fourth-order valence-electron chi connectivity index (χ4n) is 2.96. The lowest BCUT2D eigenvalue weighted by Crippen LogP contribution is -2.44. The van der Waals surface area contributed by atoms with Gasteiger partial charge in [-0.05, 0) is 30.5 Å². The molecule has 24 heavy (non-hydrogen) atoms. The van der Waals surface area contributed by atoms with Crippen molar-refractivity contribution in [1.82, 2.24) is 15.1 Å². The van der Waals surface area contributed by atoms with Crippen LogP contribution >= 0.6 is 0 Å². The summed E-state index contributed by atoms with van der Waals surface area (Å²) < 4.78 is 5.27. The third-order valence-corrected chi connectivity index (χ3v) is 4.78. The monoisotopic (exact) mass is 331 g/mol. The summed E-state index contributed by atoms with van der Waals surface area (Å²) in [5.74, 6) is 0.858. The van der Waals surface area contributed by atoms with Gasteiger partial charge in [0.05, 0.1) is 13.8 Å². The Balaban J connectivity index is 1.57. The molecule has 1 aliphatic carbocycles. The van der Waals surface area contributed by atoms with Crippen molar-refractivity contribution < 1.29 is 14.3 Å². The molecule has 2 aliphatic rings. The first-order valence-corrected chi connectivity index (χ1v) is 8.37. The summed E-state index contributed by atoms with van der Waals surface area (Å²) in [4.78, 5) is 27.7. The number of hydrogen-bond acceptors (Lipinski definition) is 3. The zero-order chi connectivity index (χ0) is 17.3. The van der Waals surface area contributed by atoms with E-state index in [0.29, 0.717) is 19.3 Å². The van der Waals surface area contributed by atoms with Crippen molar-refractivity contribution in [1.29, 1.82) is 0 Å². The number of urea groups is 1. The van der Waals surface area contributed by atoms with E-state index in [4.69, 9.17) is 4.74 Å². The van der Waals surface area contributed by atoms with E-state index in [9.17, 15) is 9.59 Å². The summed E-state index contributed by atoms with van der Waals surface area (Å²) in [6, 6.07) is 8.04. The van der Waals surface area contributed by atoms with Gasteiger partial charge in [-0.25, -0.2) is 4.79 Å². The van der Waals surface area contributed by atoms with E-state index in [2.05, 4.69) is 19.2 Å². The Bertz CT molecular complexity index is 640. The summed E-state index contributed by atoms with van der Waals surface area (Å²) in [5.41, 5.74) is 0.865. The molecule has 6 nitrogen and oxygen atoms in total. The maximum atomic E-state index is 12.4. The van der Waals surface area contributed by atoms with Crippen LogP contribution in [0.4, 0.5) is 4.79 Å². The molecular formula is C18H25N3O3. The normalized spacial score (nSPS) is 18.0. The Morgan fingerprint density at radius 3 is 2.79 bits per heavy atom. The molecule has 3 amide bonds. The maximum absolute atomic E-state index is 12.4. The van der Waals surface area contributed by atoms with Crippen LogP contribution in [0.15, 0.2) is 24.3 Å². The van der Waals surface area contributed by atoms with Crippen LogP contribution in [-0.2, 0) is 10.2 Å². The predicted molar refractivity (Wildman–Crippen MR) is 90.9 cm³/mol. The Morgan fingerprint density at radius 1 is 1.38 bits per heavy atom. The lowest BCUT2D eigenvalue weighted by molar-refractivity contribution is -0.127. The summed E-state index contributed by atoms with van der Waals surface area (Å²) in [6.45, 7) is 5.24. The van der Waals surface area contributed by atoms with E-state index >= 15 is 0 Å². The SMILES string of the molecule is COc1cccc(C(C)(C)CNC(=O)N2CC(=O)N(C3CC3)C2)c1. The number of rotatable bonds is 5. The van der Waals surface area contributed by atoms with Crippen LogP contribution in [0.3, 0.4) is 0 Å². The van der Waals surface area contributed by atoms with Gasteiger partial charge >= 0.3 is 6.03 Å². The second-order valence-electron chi connectivity index (χ2n) is 7.21. The van der Waals surface area contributed by atoms with Gasteiger partial charge in [-0.15, -0.1) is 0 Å². The second kappa shape index (κ2) is 6.34. The van der Waals surface area contributed by atoms with Crippen molar-refractivity contribution in [2.45, 2.75) is 38.1 Å². The minimum absolute atomic E-state index is 0.0553. The van der Waals surface area contributed by atoms with Crippen LogP contribution in [0.2, 0.25) is 0 Å². The summed E-state index contributed by atoms with van der Waals surface area (Å²) in [5, 5.41) is 2.97. The quantitative estimate of drug-likeness (QED) is 0.897. The van der Waals surface area contributed by atoms with Crippen molar-refractivity contribution in [2.75, 3.05) is 26.9 Å². The molecule has 6 heteroatoms. The van der Waals surface area contributed by atoms with Crippen molar-refractivity contribution >= 4 is 11.9 Å². The van der Waals surface area contributed by atoms with Crippen molar-refractivity contribution in [3.63, 3.8) is 0 Å². The molecule has 0 atom stereocenters. The Kier molecular flexibility index (Phi) is 4.39. The number of nitrogens with one attached hydrogen (secondary N) is 1. The third-order valence-electron chi connectivity index (χ3n) is 4.78. The zero-order valence-corrected chi connectivity index (χ0v) is 14.5. The van der Waals surface area contributed by atoms with E-state index in [1.807, 2.05) is 29.2 Å². The van der Waals surface area contributed by atoms with Crippen molar-refractivity contribution in [3.05, 3.63) is 29.8 Å². The van der Waals surface area contributed by atoms with Crippen molar-refractivity contribution in [3.8, 4) is 5.75 Å². The maximum Gasteiger partial charge on any atom is 0.319 e. The van der Waals surface area contributed by atoms with Crippen molar-refractivity contribution in [2.24, 2.45) is 0 Å². The lowest BCUT2D eigenvalue weighted by atomic mass is 9.84. The van der Waals surface area contributed by atoms with Gasteiger partial charge in [-0.2, -0.15) is 0 Å². The lowest BCUT2D eigenvalue weighted by Gasteiger charge is -2.27. The largest absolute Gasteiger partial charge is 0.497 e. The number of hydrogen-bond donors (Lipinski definition) is 1. The van der Waals surface area contributed by atoms with Crippen LogP contribution < -0.4 is 10.1 Å². The molecule has 3 rings (SSSR count). The van der Waals surface area contributed by atoms with Crippen LogP contribution in [0.5, 0.6) is 5.75 Å². The average Bonchev–Trinajstić information content (AvgIpc) is 3.35. The summed E-state index contributed by atoms with van der Waals surface area (Å²) in [7, 11) is 1.64. The van der Waals surface area contributed by atoms with Gasteiger partial charge in [0.2, 0.25) is 5.91 Å². The molecule has 1 saturated carbocycles. The number of carbonyl (C=O) groups excluding carboxylic acids is 2. The minimum atomic E-state index is -0.232. The highest BCUT2D eigenvalue weighted by Gasteiger charge is 2.40. The molecule has 0 radical (unpaired) electrons. The molecule has 2 fully saturated rings. The van der Waals surface area contributed by atoms with Gasteiger partial charge in [0.25, 0.3) is 0 Å². The molecule has 0 spiro atoms. The Hall–Kier alpha value is -2.24. The standard InChI is InChI=1S/C18H25N3O3/c1-18(2,13-5-4-6-15(9-13)24-3)11-19-17(23)20-10-16(22)21(12-20)14-7-8-14/h4-6,9,14H,7-8,10-12H2,1-3H3,(H,19,23). The molecule has 1 saturated heterocycles. The van der Waals surface area contributed by atoms with E-state index in [0.717, 1.165) is 24.2 Å². The molecule has 1 heterocycles. The van der Waals surface area contributed by atoms with Gasteiger partial charge < -0.3 is 15.0 Å². The topological polar surface area (TPSA) is 61.9 Å². The number of methoxy groups -OCH3 is 1. The molecule has 0 unspecified atom stereocenters. The average molecular weight is 331 g/mol. The fourth-order valence-corrected chi connectivity index (χ4v) is 2.96. The highest BCUT2D eigenvalue weighted by atomic mass is 16.5. The van der Waals surface area contributed by atoms with E-state index < -0.39 is 0 Å². The highest BCUT2D eigenvalue weighted by Crippen LogP contribution is 2.29. The zero-order valence-electron chi connectivity index (χ0n) is 14.5. The predicted octanol–water partition coefficient (Wildman–Crippen LogP) is 1.95. The van der Waals surface area contributed by atoms with E-state index in [1.54, 1.807) is 12.0 Å². The van der Waals surface area contributed by atoms with Crippen LogP contribution in [-0.4, -0.2) is 54.6 Å². The van der Waals surface area contributed by atoms with Gasteiger partial charge in [-0.3, -0.25) is 9.69 Å². The molecular weight excluding hydrogens is 306 g/mol. The van der Waals surface area contributed by atoms with Crippen LogP contribution in [0, 0.1) is 0 Å². The molecule has 130 valence electrons. The highest BCUT2D eigenvalue weighted by molar-refractivity contribution is 5.87. The molecule has 1 N–H and O–H groups in total. The Morgan fingerprint density at radius 2 is 2.12 bits per heavy atom. The van der Waals surface area contributed by atoms with Gasteiger partial charge in [0, 0.05) is 18.0 Å². The number of amides is 3. The van der Waals surface area contributed by atoms with Gasteiger partial charge in [-0.1, -0.05) is 26.0 Å². The third kappa shape index (κ3) is 3.47. The number of carbonyl (C=O) groups is 2. The smallest absolute Gasteiger partial charge is 0.319 e. The molecule has 1 aromatic rings. The summed E-state index contributed by atoms with van der Waals surface area (Å²) >= 11 is 0. The van der Waals surface area contributed by atoms with Crippen LogP contribution in [0.25, 0.3) is 0 Å². The minimum Gasteiger partial charge on any atom is -0.497 e. The summed E-state index contributed by atoms with van der Waals surface area (Å²) in [6.07, 6.45) is 2.12. The molecule has 1 aliphatic heterocycles. The first kappa shape index (κ1) is 16.6. The van der Waals surface area contributed by atoms with Crippen LogP contribution in [0.1, 0.15) is 32.3 Å². The van der Waals surface area contributed by atoms with E-state index in [-0.39, 0.29) is 23.9 Å². The molecule has 0 aromatic heterocycles. The molecule has 1 aromatic carbocycles. The number of nitrogens with zero attached hydrogens (tertiary/aromatic N) is 2. The number of ether oxygens (including phenoxy) is 1. The first-order chi connectivity index (χ1) is 11.4. The van der Waals surface area contributed by atoms with Gasteiger partial charge in [0.1, 0.15) is 12.3 Å². The molecule has 0 bridgehead atoms. The van der Waals surface area contributed by atoms with Gasteiger partial charge in [0.15, 0.2) is 0 Å². The first-order valence-electron chi connectivity index (χ1n) is 8.37. The van der Waals surface area contributed by atoms with E-state index in [1.165, 1.54) is 0 Å². The Labute approximate surface area is 142 Å². The fraction of sp³-hybridized carbons (Fsp3) is 0.556.